The molecule has 0 saturated carbocycles. The van der Waals surface area contributed by atoms with Crippen LogP contribution < -0.4 is 0 Å². The van der Waals surface area contributed by atoms with Crippen molar-refractivity contribution in [3.63, 3.8) is 0 Å². The molecule has 0 saturated heterocycles. The largest absolute Gasteiger partial charge is 0.308 e. The zero-order valence-corrected chi connectivity index (χ0v) is 15.4. The molecule has 0 atom stereocenters. The molecular weight excluding hydrogens is 346 g/mol. The first kappa shape index (κ1) is 19.5. The molecule has 7 heteroatoms. The minimum atomic E-state index is -4.10. The monoisotopic (exact) mass is 368 g/mol. The molecule has 0 aliphatic heterocycles. The van der Waals surface area contributed by atoms with Gasteiger partial charge in [-0.3, -0.25) is 0 Å². The van der Waals surface area contributed by atoms with E-state index in [1.165, 1.54) is 30.3 Å². The molecule has 0 radical (unpaired) electrons. The van der Waals surface area contributed by atoms with Gasteiger partial charge in [-0.15, -0.1) is 0 Å². The molecule has 0 heterocycles. The Labute approximate surface area is 147 Å². The van der Waals surface area contributed by atoms with Gasteiger partial charge < -0.3 is 4.90 Å². The molecule has 0 bridgehead atoms. The topological polar surface area (TPSA) is 40.6 Å². The highest BCUT2D eigenvalue weighted by atomic mass is 32.2. The quantitative estimate of drug-likeness (QED) is 0.754. The molecule has 136 valence electrons. The summed E-state index contributed by atoms with van der Waals surface area (Å²) in [5.41, 5.74) is 0.885. The first-order valence-corrected chi connectivity index (χ1v) is 9.30. The van der Waals surface area contributed by atoms with Crippen LogP contribution in [0.1, 0.15) is 11.1 Å². The number of rotatable bonds is 7. The van der Waals surface area contributed by atoms with Gasteiger partial charge in [-0.25, -0.2) is 17.2 Å². The molecule has 0 aromatic heterocycles. The maximum Gasteiger partial charge on any atom is 0.246 e. The van der Waals surface area contributed by atoms with Crippen LogP contribution in [0.3, 0.4) is 0 Å². The Morgan fingerprint density at radius 2 is 1.64 bits per heavy atom. The summed E-state index contributed by atoms with van der Waals surface area (Å²) in [6.45, 7) is 2.09. The summed E-state index contributed by atoms with van der Waals surface area (Å²) >= 11 is 0. The van der Waals surface area contributed by atoms with Gasteiger partial charge in [0.05, 0.1) is 0 Å². The van der Waals surface area contributed by atoms with Crippen molar-refractivity contribution >= 4 is 10.0 Å². The fourth-order valence-electron chi connectivity index (χ4n) is 2.36. The van der Waals surface area contributed by atoms with Gasteiger partial charge in [0.2, 0.25) is 10.0 Å². The minimum absolute atomic E-state index is 0.122. The van der Waals surface area contributed by atoms with Gasteiger partial charge >= 0.3 is 0 Å². The average Bonchev–Trinajstić information content (AvgIpc) is 2.54. The van der Waals surface area contributed by atoms with Crippen molar-refractivity contribution in [3.8, 4) is 0 Å². The Balaban J connectivity index is 2.43. The summed E-state index contributed by atoms with van der Waals surface area (Å²) in [6.07, 6.45) is 0. The van der Waals surface area contributed by atoms with E-state index in [0.717, 1.165) is 10.4 Å². The maximum atomic E-state index is 14.2. The van der Waals surface area contributed by atoms with E-state index < -0.39 is 21.7 Å². The maximum absolute atomic E-state index is 14.2. The molecule has 0 fully saturated rings. The second kappa shape index (κ2) is 8.03. The van der Waals surface area contributed by atoms with Crippen LogP contribution in [-0.2, 0) is 16.6 Å². The first-order valence-electron chi connectivity index (χ1n) is 7.86. The Morgan fingerprint density at radius 3 is 2.28 bits per heavy atom. The molecular formula is C18H22F2N2O2S. The molecule has 0 aliphatic rings. The van der Waals surface area contributed by atoms with Crippen molar-refractivity contribution < 1.29 is 17.2 Å². The molecule has 0 N–H and O–H groups in total. The smallest absolute Gasteiger partial charge is 0.246 e. The third-order valence-electron chi connectivity index (χ3n) is 3.81. The number of aryl methyl sites for hydroxylation is 1. The Kier molecular flexibility index (Phi) is 6.26. The van der Waals surface area contributed by atoms with E-state index in [2.05, 4.69) is 0 Å². The number of halogens is 2. The lowest BCUT2D eigenvalue weighted by atomic mass is 10.2. The van der Waals surface area contributed by atoms with Crippen LogP contribution in [-0.4, -0.2) is 44.8 Å². The highest BCUT2D eigenvalue weighted by molar-refractivity contribution is 7.89. The molecule has 25 heavy (non-hydrogen) atoms. The Bertz CT molecular complexity index is 839. The molecule has 2 aromatic rings. The second-order valence-electron chi connectivity index (χ2n) is 6.17. The Hall–Kier alpha value is -1.83. The average molecular weight is 368 g/mol. The standard InChI is InChI=1S/C18H22F2N2O2S/c1-14-8-9-17(20)18(12-14)25(23,24)22(11-10-21(2)3)13-15-6-4-5-7-16(15)19/h4-9,12H,10-11,13H2,1-3H3. The van der Waals surface area contributed by atoms with E-state index >= 15 is 0 Å². The van der Waals surface area contributed by atoms with Crippen LogP contribution in [0.25, 0.3) is 0 Å². The normalized spacial score (nSPS) is 12.1. The third-order valence-corrected chi connectivity index (χ3v) is 5.67. The van der Waals surface area contributed by atoms with E-state index in [4.69, 9.17) is 0 Å². The van der Waals surface area contributed by atoms with Crippen LogP contribution in [0.5, 0.6) is 0 Å². The number of benzene rings is 2. The number of nitrogens with zero attached hydrogens (tertiary/aromatic N) is 2. The fraction of sp³-hybridized carbons (Fsp3) is 0.333. The highest BCUT2D eigenvalue weighted by Gasteiger charge is 2.28. The first-order chi connectivity index (χ1) is 11.7. The van der Waals surface area contributed by atoms with Gasteiger partial charge in [-0.2, -0.15) is 4.31 Å². The lowest BCUT2D eigenvalue weighted by molar-refractivity contribution is 0.326. The van der Waals surface area contributed by atoms with Crippen LogP contribution in [0.15, 0.2) is 47.4 Å². The van der Waals surface area contributed by atoms with Gasteiger partial charge in [0.25, 0.3) is 0 Å². The summed E-state index contributed by atoms with van der Waals surface area (Å²) < 4.78 is 55.2. The summed E-state index contributed by atoms with van der Waals surface area (Å²) in [4.78, 5) is 1.43. The zero-order valence-electron chi connectivity index (χ0n) is 14.5. The Morgan fingerprint density at radius 1 is 0.960 bits per heavy atom. The predicted molar refractivity (Wildman–Crippen MR) is 93.7 cm³/mol. The molecule has 0 amide bonds. The fourth-order valence-corrected chi connectivity index (χ4v) is 3.92. The van der Waals surface area contributed by atoms with E-state index in [-0.39, 0.29) is 23.5 Å². The predicted octanol–water partition coefficient (Wildman–Crippen LogP) is 3.03. The van der Waals surface area contributed by atoms with Gasteiger partial charge in [0.15, 0.2) is 0 Å². The van der Waals surface area contributed by atoms with E-state index in [9.17, 15) is 17.2 Å². The zero-order chi connectivity index (χ0) is 18.6. The van der Waals surface area contributed by atoms with Gasteiger partial charge in [0.1, 0.15) is 16.5 Å². The number of likely N-dealkylation sites (N-methyl/N-ethyl adjacent to an activating group) is 1. The van der Waals surface area contributed by atoms with Crippen molar-refractivity contribution in [2.24, 2.45) is 0 Å². The summed E-state index contributed by atoms with van der Waals surface area (Å²) in [6, 6.07) is 9.93. The van der Waals surface area contributed by atoms with Crippen LogP contribution in [0.4, 0.5) is 8.78 Å². The van der Waals surface area contributed by atoms with Gasteiger partial charge in [0, 0.05) is 25.2 Å². The van der Waals surface area contributed by atoms with Crippen molar-refractivity contribution in [1.29, 1.82) is 0 Å². The molecule has 2 rings (SSSR count). The van der Waals surface area contributed by atoms with Crippen LogP contribution in [0.2, 0.25) is 0 Å². The van der Waals surface area contributed by atoms with Crippen molar-refractivity contribution in [2.75, 3.05) is 27.2 Å². The summed E-state index contributed by atoms with van der Waals surface area (Å²) in [5, 5.41) is 0. The molecule has 0 spiro atoms. The SMILES string of the molecule is Cc1ccc(F)c(S(=O)(=O)N(CCN(C)C)Cc2ccccc2F)c1. The van der Waals surface area contributed by atoms with Crippen LogP contribution in [0, 0.1) is 18.6 Å². The van der Waals surface area contributed by atoms with Gasteiger partial charge in [-0.05, 0) is 44.8 Å². The van der Waals surface area contributed by atoms with Crippen LogP contribution >= 0.6 is 0 Å². The van der Waals surface area contributed by atoms with Crippen molar-refractivity contribution in [3.05, 3.63) is 65.2 Å². The molecule has 0 aliphatic carbocycles. The van der Waals surface area contributed by atoms with E-state index in [0.29, 0.717) is 12.1 Å². The lowest BCUT2D eigenvalue weighted by Gasteiger charge is -2.24. The summed E-state index contributed by atoms with van der Waals surface area (Å²) in [5.74, 6) is -1.30. The molecule has 2 aromatic carbocycles. The van der Waals surface area contributed by atoms with E-state index in [1.54, 1.807) is 27.1 Å². The molecule has 4 nitrogen and oxygen atoms in total. The number of hydrogen-bond acceptors (Lipinski definition) is 3. The summed E-state index contributed by atoms with van der Waals surface area (Å²) in [7, 11) is -0.486. The molecule has 0 unspecified atom stereocenters. The number of sulfonamides is 1. The second-order valence-corrected chi connectivity index (χ2v) is 8.07. The number of hydrogen-bond donors (Lipinski definition) is 0. The van der Waals surface area contributed by atoms with E-state index in [1.807, 2.05) is 4.90 Å². The third kappa shape index (κ3) is 4.84. The highest BCUT2D eigenvalue weighted by Crippen LogP contribution is 2.23. The lowest BCUT2D eigenvalue weighted by Crippen LogP contribution is -2.36. The van der Waals surface area contributed by atoms with Crippen molar-refractivity contribution in [2.45, 2.75) is 18.4 Å². The minimum Gasteiger partial charge on any atom is -0.308 e. The van der Waals surface area contributed by atoms with Gasteiger partial charge in [-0.1, -0.05) is 24.3 Å². The van der Waals surface area contributed by atoms with Crippen molar-refractivity contribution in [1.82, 2.24) is 9.21 Å².